The fourth-order valence-corrected chi connectivity index (χ4v) is 4.04. The Kier molecular flexibility index (Phi) is 5.93. The van der Waals surface area contributed by atoms with E-state index in [0.29, 0.717) is 18.4 Å². The number of nitrogens with zero attached hydrogens (tertiary/aromatic N) is 6. The molecule has 1 aliphatic heterocycles. The van der Waals surface area contributed by atoms with Crippen LogP contribution in [0.25, 0.3) is 22.6 Å². The molecule has 1 atom stereocenters. The van der Waals surface area contributed by atoms with E-state index in [0.717, 1.165) is 54.3 Å². The summed E-state index contributed by atoms with van der Waals surface area (Å²) >= 11 is 0. The second-order valence-corrected chi connectivity index (χ2v) is 7.84. The predicted molar refractivity (Wildman–Crippen MR) is 122 cm³/mol. The molecule has 0 saturated carbocycles. The fourth-order valence-electron chi connectivity index (χ4n) is 4.04. The minimum Gasteiger partial charge on any atom is -0.474 e. The molecule has 0 amide bonds. The summed E-state index contributed by atoms with van der Waals surface area (Å²) in [5.41, 5.74) is 3.25. The molecule has 8 nitrogen and oxygen atoms in total. The van der Waals surface area contributed by atoms with E-state index < -0.39 is 0 Å². The Balaban J connectivity index is 1.56. The second kappa shape index (κ2) is 9.32. The van der Waals surface area contributed by atoms with Crippen molar-refractivity contribution >= 4 is 5.95 Å². The SMILES string of the molecule is CCCNc1nccc(-c2c(-c3ccc(F)cc3)nc3n2C(COc2cnccn2)CC3)n1. The van der Waals surface area contributed by atoms with Crippen LogP contribution in [0, 0.1) is 5.82 Å². The lowest BCUT2D eigenvalue weighted by Crippen LogP contribution is -2.16. The van der Waals surface area contributed by atoms with Crippen LogP contribution in [-0.4, -0.2) is 42.6 Å². The van der Waals surface area contributed by atoms with Gasteiger partial charge in [-0.2, -0.15) is 0 Å². The zero-order chi connectivity index (χ0) is 22.6. The van der Waals surface area contributed by atoms with Gasteiger partial charge in [-0.05, 0) is 43.2 Å². The Hall–Kier alpha value is -3.88. The number of rotatable bonds is 8. The third kappa shape index (κ3) is 4.39. The van der Waals surface area contributed by atoms with Crippen molar-refractivity contribution in [3.05, 3.63) is 66.8 Å². The second-order valence-electron chi connectivity index (χ2n) is 7.84. The standard InChI is InChI=1S/C24H24FN7O/c1-2-10-28-24-29-11-9-19(30-24)23-22(16-3-5-17(25)6-4-16)31-20-8-7-18(32(20)23)15-33-21-14-26-12-13-27-21/h3-6,9,11-14,18H,2,7-8,10,15H2,1H3,(H,28,29,30). The molecule has 1 aliphatic rings. The normalized spacial score (nSPS) is 14.8. The average Bonchev–Trinajstić information content (AvgIpc) is 3.42. The third-order valence-electron chi connectivity index (χ3n) is 5.56. The number of anilines is 1. The predicted octanol–water partition coefficient (Wildman–Crippen LogP) is 4.32. The summed E-state index contributed by atoms with van der Waals surface area (Å²) in [6.45, 7) is 3.31. The maximum absolute atomic E-state index is 13.6. The molecule has 0 saturated heterocycles. The Morgan fingerprint density at radius 2 is 1.97 bits per heavy atom. The van der Waals surface area contributed by atoms with E-state index in [1.165, 1.54) is 12.1 Å². The Labute approximate surface area is 190 Å². The zero-order valence-electron chi connectivity index (χ0n) is 18.3. The van der Waals surface area contributed by atoms with E-state index in [4.69, 9.17) is 14.7 Å². The lowest BCUT2D eigenvalue weighted by Gasteiger charge is -2.18. The topological polar surface area (TPSA) is 90.6 Å². The molecule has 9 heteroatoms. The van der Waals surface area contributed by atoms with Gasteiger partial charge >= 0.3 is 0 Å². The molecule has 33 heavy (non-hydrogen) atoms. The van der Waals surface area contributed by atoms with Crippen LogP contribution >= 0.6 is 0 Å². The summed E-state index contributed by atoms with van der Waals surface area (Å²) in [4.78, 5) is 22.3. The highest BCUT2D eigenvalue weighted by Gasteiger charge is 2.31. The summed E-state index contributed by atoms with van der Waals surface area (Å²) < 4.78 is 21.7. The number of aromatic nitrogens is 6. The molecular formula is C24H24FN7O. The van der Waals surface area contributed by atoms with Crippen LogP contribution in [-0.2, 0) is 6.42 Å². The van der Waals surface area contributed by atoms with Crippen LogP contribution in [0.3, 0.4) is 0 Å². The van der Waals surface area contributed by atoms with Gasteiger partial charge in [0.2, 0.25) is 11.8 Å². The Morgan fingerprint density at radius 3 is 2.76 bits per heavy atom. The molecule has 0 spiro atoms. The molecule has 168 valence electrons. The molecule has 5 rings (SSSR count). The van der Waals surface area contributed by atoms with Gasteiger partial charge in [0.05, 0.1) is 29.3 Å². The van der Waals surface area contributed by atoms with Crippen LogP contribution in [0.2, 0.25) is 0 Å². The van der Waals surface area contributed by atoms with Crippen molar-refractivity contribution < 1.29 is 9.13 Å². The van der Waals surface area contributed by atoms with Gasteiger partial charge in [0.15, 0.2) is 0 Å². The quantitative estimate of drug-likeness (QED) is 0.432. The number of hydrogen-bond donors (Lipinski definition) is 1. The molecule has 0 radical (unpaired) electrons. The average molecular weight is 446 g/mol. The van der Waals surface area contributed by atoms with Gasteiger partial charge in [-0.25, -0.2) is 24.3 Å². The van der Waals surface area contributed by atoms with Crippen molar-refractivity contribution in [2.75, 3.05) is 18.5 Å². The highest BCUT2D eigenvalue weighted by molar-refractivity contribution is 5.78. The van der Waals surface area contributed by atoms with Gasteiger partial charge in [0.1, 0.15) is 18.2 Å². The Morgan fingerprint density at radius 1 is 1.09 bits per heavy atom. The zero-order valence-corrected chi connectivity index (χ0v) is 18.3. The van der Waals surface area contributed by atoms with Crippen molar-refractivity contribution in [1.82, 2.24) is 29.5 Å². The first-order valence-electron chi connectivity index (χ1n) is 11.1. The number of fused-ring (bicyclic) bond motifs is 1. The van der Waals surface area contributed by atoms with Crippen molar-refractivity contribution in [3.63, 3.8) is 0 Å². The molecule has 4 heterocycles. The van der Waals surface area contributed by atoms with Gasteiger partial charge in [-0.15, -0.1) is 0 Å². The van der Waals surface area contributed by atoms with Crippen molar-refractivity contribution in [3.8, 4) is 28.5 Å². The fraction of sp³-hybridized carbons (Fsp3) is 0.292. The van der Waals surface area contributed by atoms with Gasteiger partial charge in [0, 0.05) is 37.1 Å². The summed E-state index contributed by atoms with van der Waals surface area (Å²) in [6.07, 6.45) is 9.25. The molecule has 1 unspecified atom stereocenters. The first-order chi connectivity index (χ1) is 16.2. The van der Waals surface area contributed by atoms with Gasteiger partial charge in [-0.1, -0.05) is 6.92 Å². The highest BCUT2D eigenvalue weighted by Crippen LogP contribution is 2.39. The first-order valence-corrected chi connectivity index (χ1v) is 11.1. The summed E-state index contributed by atoms with van der Waals surface area (Å²) in [5, 5.41) is 3.25. The van der Waals surface area contributed by atoms with E-state index in [-0.39, 0.29) is 11.9 Å². The summed E-state index contributed by atoms with van der Waals surface area (Å²) in [5.74, 6) is 1.73. The van der Waals surface area contributed by atoms with Crippen molar-refractivity contribution in [2.24, 2.45) is 0 Å². The minimum absolute atomic E-state index is 0.0562. The summed E-state index contributed by atoms with van der Waals surface area (Å²) in [7, 11) is 0. The highest BCUT2D eigenvalue weighted by atomic mass is 19.1. The van der Waals surface area contributed by atoms with Crippen LogP contribution in [0.1, 0.15) is 31.6 Å². The molecule has 0 aliphatic carbocycles. The number of benzene rings is 1. The van der Waals surface area contributed by atoms with Crippen LogP contribution in [0.15, 0.2) is 55.1 Å². The first kappa shape index (κ1) is 21.0. The maximum Gasteiger partial charge on any atom is 0.232 e. The molecule has 0 fully saturated rings. The third-order valence-corrected chi connectivity index (χ3v) is 5.56. The lowest BCUT2D eigenvalue weighted by molar-refractivity contribution is 0.246. The van der Waals surface area contributed by atoms with E-state index in [1.807, 2.05) is 6.07 Å². The molecule has 1 N–H and O–H groups in total. The van der Waals surface area contributed by atoms with Crippen LogP contribution in [0.5, 0.6) is 5.88 Å². The Bertz CT molecular complexity index is 1230. The van der Waals surface area contributed by atoms with Gasteiger partial charge in [0.25, 0.3) is 0 Å². The number of imidazole rings is 1. The molecule has 0 bridgehead atoms. The monoisotopic (exact) mass is 445 g/mol. The molecule has 1 aromatic carbocycles. The van der Waals surface area contributed by atoms with Crippen molar-refractivity contribution in [2.45, 2.75) is 32.2 Å². The number of aryl methyl sites for hydroxylation is 1. The van der Waals surface area contributed by atoms with E-state index >= 15 is 0 Å². The van der Waals surface area contributed by atoms with Crippen LogP contribution in [0.4, 0.5) is 10.3 Å². The van der Waals surface area contributed by atoms with Crippen LogP contribution < -0.4 is 10.1 Å². The molecular weight excluding hydrogens is 421 g/mol. The molecule has 4 aromatic rings. The van der Waals surface area contributed by atoms with Gasteiger partial charge in [-0.3, -0.25) is 4.98 Å². The number of halogens is 1. The number of ether oxygens (including phenoxy) is 1. The minimum atomic E-state index is -0.282. The lowest BCUT2D eigenvalue weighted by atomic mass is 10.1. The van der Waals surface area contributed by atoms with Crippen molar-refractivity contribution in [1.29, 1.82) is 0 Å². The summed E-state index contributed by atoms with van der Waals surface area (Å²) in [6, 6.07) is 8.34. The number of nitrogens with one attached hydrogen (secondary N) is 1. The van der Waals surface area contributed by atoms with E-state index in [1.54, 1.807) is 36.9 Å². The van der Waals surface area contributed by atoms with Gasteiger partial charge < -0.3 is 14.6 Å². The smallest absolute Gasteiger partial charge is 0.232 e. The van der Waals surface area contributed by atoms with E-state index in [2.05, 4.69) is 31.8 Å². The van der Waals surface area contributed by atoms with E-state index in [9.17, 15) is 4.39 Å². The largest absolute Gasteiger partial charge is 0.474 e. The molecule has 3 aromatic heterocycles. The maximum atomic E-state index is 13.6. The number of hydrogen-bond acceptors (Lipinski definition) is 7.